The van der Waals surface area contributed by atoms with Crippen LogP contribution in [0.5, 0.6) is 0 Å². The van der Waals surface area contributed by atoms with Crippen LogP contribution in [0.2, 0.25) is 0 Å². The van der Waals surface area contributed by atoms with Crippen LogP contribution in [0, 0.1) is 12.8 Å². The average molecular weight is 272 g/mol. The number of fused-ring (bicyclic) bond motifs is 1. The van der Waals surface area contributed by atoms with Crippen molar-refractivity contribution >= 4 is 11.8 Å². The molecule has 2 aliphatic heterocycles. The predicted octanol–water partition coefficient (Wildman–Crippen LogP) is 1.74. The highest BCUT2D eigenvalue weighted by Gasteiger charge is 2.35. The summed E-state index contributed by atoms with van der Waals surface area (Å²) in [7, 11) is 0. The molecule has 0 spiro atoms. The zero-order valence-corrected chi connectivity index (χ0v) is 11.8. The van der Waals surface area contributed by atoms with Crippen LogP contribution in [0.25, 0.3) is 0 Å². The van der Waals surface area contributed by atoms with Crippen LogP contribution in [0.4, 0.5) is 0 Å². The lowest BCUT2D eigenvalue weighted by atomic mass is 9.85. The summed E-state index contributed by atoms with van der Waals surface area (Å²) in [6, 6.07) is 7.99. The lowest BCUT2D eigenvalue weighted by Crippen LogP contribution is -2.55. The number of nitrogens with zero attached hydrogens (tertiary/aromatic N) is 1. The van der Waals surface area contributed by atoms with Crippen LogP contribution in [-0.2, 0) is 4.79 Å². The van der Waals surface area contributed by atoms with Crippen LogP contribution < -0.4 is 5.32 Å². The fourth-order valence-corrected chi connectivity index (χ4v) is 3.28. The minimum Gasteiger partial charge on any atom is -0.353 e. The van der Waals surface area contributed by atoms with Gasteiger partial charge in [0.15, 0.2) is 0 Å². The van der Waals surface area contributed by atoms with Crippen LogP contribution >= 0.6 is 0 Å². The maximum atomic E-state index is 12.6. The Kier molecular flexibility index (Phi) is 3.47. The zero-order chi connectivity index (χ0) is 14.1. The quantitative estimate of drug-likeness (QED) is 0.846. The molecule has 2 heterocycles. The highest BCUT2D eigenvalue weighted by atomic mass is 16.2. The number of aryl methyl sites for hydroxylation is 1. The van der Waals surface area contributed by atoms with Gasteiger partial charge in [-0.05, 0) is 37.3 Å². The number of carbonyl (C=O) groups is 2. The SMILES string of the molecule is Cc1ccccc1C(=O)N1CCC2NC(=O)CCC2C1. The number of hydrogen-bond acceptors (Lipinski definition) is 2. The highest BCUT2D eigenvalue weighted by molar-refractivity contribution is 5.95. The van der Waals surface area contributed by atoms with Gasteiger partial charge in [0.2, 0.25) is 5.91 Å². The van der Waals surface area contributed by atoms with Gasteiger partial charge in [0.25, 0.3) is 5.91 Å². The van der Waals surface area contributed by atoms with E-state index in [1.807, 2.05) is 36.1 Å². The number of carbonyl (C=O) groups excluding carboxylic acids is 2. The Labute approximate surface area is 119 Å². The van der Waals surface area contributed by atoms with Gasteiger partial charge in [0.1, 0.15) is 0 Å². The molecule has 2 aliphatic rings. The third kappa shape index (κ3) is 2.42. The predicted molar refractivity (Wildman–Crippen MR) is 76.4 cm³/mol. The molecule has 1 aromatic rings. The lowest BCUT2D eigenvalue weighted by Gasteiger charge is -2.41. The first kappa shape index (κ1) is 13.2. The molecule has 1 N–H and O–H groups in total. The summed E-state index contributed by atoms with van der Waals surface area (Å²) >= 11 is 0. The summed E-state index contributed by atoms with van der Waals surface area (Å²) in [5.74, 6) is 0.692. The van der Waals surface area contributed by atoms with Crippen LogP contribution in [0.1, 0.15) is 35.2 Å². The minimum atomic E-state index is 0.124. The number of rotatable bonds is 1. The first-order valence-electron chi connectivity index (χ1n) is 7.29. The Morgan fingerprint density at radius 2 is 2.10 bits per heavy atom. The maximum Gasteiger partial charge on any atom is 0.254 e. The second-order valence-corrected chi connectivity index (χ2v) is 5.83. The van der Waals surface area contributed by atoms with E-state index in [1.54, 1.807) is 0 Å². The van der Waals surface area contributed by atoms with Gasteiger partial charge in [-0.2, -0.15) is 0 Å². The summed E-state index contributed by atoms with van der Waals surface area (Å²) < 4.78 is 0. The number of nitrogens with one attached hydrogen (secondary N) is 1. The van der Waals surface area contributed by atoms with Gasteiger partial charge in [0.05, 0.1) is 0 Å². The Bertz CT molecular complexity index is 541. The largest absolute Gasteiger partial charge is 0.353 e. The van der Waals surface area contributed by atoms with E-state index >= 15 is 0 Å². The number of amides is 2. The number of piperidine rings is 2. The van der Waals surface area contributed by atoms with E-state index in [9.17, 15) is 9.59 Å². The topological polar surface area (TPSA) is 49.4 Å². The van der Waals surface area contributed by atoms with Crippen molar-refractivity contribution in [1.29, 1.82) is 0 Å². The zero-order valence-electron chi connectivity index (χ0n) is 11.8. The maximum absolute atomic E-state index is 12.6. The third-order valence-corrected chi connectivity index (χ3v) is 4.49. The second-order valence-electron chi connectivity index (χ2n) is 5.83. The van der Waals surface area contributed by atoms with Crippen molar-refractivity contribution in [3.05, 3.63) is 35.4 Å². The van der Waals surface area contributed by atoms with Gasteiger partial charge < -0.3 is 10.2 Å². The monoisotopic (exact) mass is 272 g/mol. The van der Waals surface area contributed by atoms with Crippen molar-refractivity contribution < 1.29 is 9.59 Å². The molecule has 20 heavy (non-hydrogen) atoms. The van der Waals surface area contributed by atoms with Crippen molar-refractivity contribution in [2.75, 3.05) is 13.1 Å². The van der Waals surface area contributed by atoms with E-state index in [4.69, 9.17) is 0 Å². The molecule has 0 radical (unpaired) electrons. The van der Waals surface area contributed by atoms with Gasteiger partial charge in [-0.15, -0.1) is 0 Å². The van der Waals surface area contributed by atoms with Crippen LogP contribution in [-0.4, -0.2) is 35.8 Å². The lowest BCUT2D eigenvalue weighted by molar-refractivity contribution is -0.125. The van der Waals surface area contributed by atoms with Gasteiger partial charge in [-0.1, -0.05) is 18.2 Å². The first-order valence-corrected chi connectivity index (χ1v) is 7.29. The average Bonchev–Trinajstić information content (AvgIpc) is 2.46. The minimum absolute atomic E-state index is 0.124. The van der Waals surface area contributed by atoms with Gasteiger partial charge >= 0.3 is 0 Å². The molecule has 4 nitrogen and oxygen atoms in total. The van der Waals surface area contributed by atoms with Crippen molar-refractivity contribution in [2.45, 2.75) is 32.2 Å². The molecule has 0 bridgehead atoms. The molecule has 0 saturated carbocycles. The number of hydrogen-bond donors (Lipinski definition) is 1. The van der Waals surface area contributed by atoms with Crippen molar-refractivity contribution in [1.82, 2.24) is 10.2 Å². The van der Waals surface area contributed by atoms with Crippen molar-refractivity contribution in [3.63, 3.8) is 0 Å². The molecular weight excluding hydrogens is 252 g/mol. The Balaban J connectivity index is 1.72. The summed E-state index contributed by atoms with van der Waals surface area (Å²) in [5, 5.41) is 3.05. The molecule has 2 saturated heterocycles. The van der Waals surface area contributed by atoms with E-state index in [0.717, 1.165) is 37.1 Å². The molecule has 0 aliphatic carbocycles. The van der Waals surface area contributed by atoms with Gasteiger partial charge in [0, 0.05) is 31.1 Å². The second kappa shape index (κ2) is 5.27. The van der Waals surface area contributed by atoms with Crippen molar-refractivity contribution in [3.8, 4) is 0 Å². The molecule has 0 aromatic heterocycles. The third-order valence-electron chi connectivity index (χ3n) is 4.49. The normalized spacial score (nSPS) is 25.9. The van der Waals surface area contributed by atoms with E-state index in [1.165, 1.54) is 0 Å². The summed E-state index contributed by atoms with van der Waals surface area (Å²) in [5.41, 5.74) is 1.82. The number of benzene rings is 1. The number of likely N-dealkylation sites (tertiary alicyclic amines) is 1. The van der Waals surface area contributed by atoms with E-state index in [-0.39, 0.29) is 17.9 Å². The molecular formula is C16H20N2O2. The molecule has 2 unspecified atom stereocenters. The fourth-order valence-electron chi connectivity index (χ4n) is 3.28. The van der Waals surface area contributed by atoms with Crippen LogP contribution in [0.3, 0.4) is 0 Å². The standard InChI is InChI=1S/C16H20N2O2/c1-11-4-2-3-5-13(11)16(20)18-9-8-14-12(10-18)6-7-15(19)17-14/h2-5,12,14H,6-10H2,1H3,(H,17,19). The Hall–Kier alpha value is -1.84. The van der Waals surface area contributed by atoms with Gasteiger partial charge in [-0.3, -0.25) is 9.59 Å². The summed E-state index contributed by atoms with van der Waals surface area (Å²) in [6.45, 7) is 3.47. The van der Waals surface area contributed by atoms with Crippen LogP contribution in [0.15, 0.2) is 24.3 Å². The highest BCUT2D eigenvalue weighted by Crippen LogP contribution is 2.26. The molecule has 1 aromatic carbocycles. The molecule has 4 heteroatoms. The smallest absolute Gasteiger partial charge is 0.254 e. The molecule has 2 fully saturated rings. The first-order chi connectivity index (χ1) is 9.65. The molecule has 3 rings (SSSR count). The Morgan fingerprint density at radius 1 is 1.30 bits per heavy atom. The molecule has 2 atom stereocenters. The van der Waals surface area contributed by atoms with Crippen molar-refractivity contribution in [2.24, 2.45) is 5.92 Å². The summed E-state index contributed by atoms with van der Waals surface area (Å²) in [6.07, 6.45) is 2.36. The van der Waals surface area contributed by atoms with Gasteiger partial charge in [-0.25, -0.2) is 0 Å². The van der Waals surface area contributed by atoms with E-state index in [0.29, 0.717) is 12.3 Å². The summed E-state index contributed by atoms with van der Waals surface area (Å²) in [4.78, 5) is 26.0. The fraction of sp³-hybridized carbons (Fsp3) is 0.500. The van der Waals surface area contributed by atoms with E-state index < -0.39 is 0 Å². The Morgan fingerprint density at radius 3 is 2.90 bits per heavy atom. The molecule has 2 amide bonds. The molecule has 106 valence electrons. The van der Waals surface area contributed by atoms with E-state index in [2.05, 4.69) is 5.32 Å².